The molecule has 146 valence electrons. The number of nitrogens with zero attached hydrogens (tertiary/aromatic N) is 3. The van der Waals surface area contributed by atoms with Crippen LogP contribution in [0.1, 0.15) is 21.5 Å². The van der Waals surface area contributed by atoms with Crippen LogP contribution in [0, 0.1) is 11.6 Å². The molecule has 0 saturated heterocycles. The molecule has 3 aromatic rings. The van der Waals surface area contributed by atoms with Crippen LogP contribution in [-0.2, 0) is 6.54 Å². The molecule has 0 aliphatic heterocycles. The van der Waals surface area contributed by atoms with E-state index in [1.165, 1.54) is 18.3 Å². The Labute approximate surface area is 162 Å². The van der Waals surface area contributed by atoms with Crippen molar-refractivity contribution in [2.75, 3.05) is 28.2 Å². The summed E-state index contributed by atoms with van der Waals surface area (Å²) < 4.78 is 28.2. The third-order valence-electron chi connectivity index (χ3n) is 4.20. The van der Waals surface area contributed by atoms with E-state index in [1.807, 2.05) is 25.1 Å². The largest absolute Gasteiger partial charge is 0.383 e. The zero-order valence-electron chi connectivity index (χ0n) is 16.3. The average Bonchev–Trinajstić information content (AvgIpc) is 3.04. The molecule has 7 heteroatoms. The van der Waals surface area contributed by atoms with E-state index in [0.717, 1.165) is 11.6 Å². The lowest BCUT2D eigenvalue weighted by molar-refractivity contribution is 0.105. The van der Waals surface area contributed by atoms with Gasteiger partial charge in [-0.05, 0) is 31.8 Å². The molecule has 0 fully saturated rings. The van der Waals surface area contributed by atoms with Gasteiger partial charge >= 0.3 is 0 Å². The number of nitrogens with one attached hydrogen (secondary N) is 1. The highest BCUT2D eigenvalue weighted by Crippen LogP contribution is 2.28. The smallest absolute Gasteiger partial charge is 0.197 e. The van der Waals surface area contributed by atoms with Crippen molar-refractivity contribution in [3.8, 4) is 0 Å². The van der Waals surface area contributed by atoms with Crippen LogP contribution < -0.4 is 0 Å². The highest BCUT2D eigenvalue weighted by molar-refractivity contribution is 6.32. The highest BCUT2D eigenvalue weighted by Gasteiger charge is 2.23. The zero-order chi connectivity index (χ0) is 20.4. The fourth-order valence-electron chi connectivity index (χ4n) is 3.05. The van der Waals surface area contributed by atoms with E-state index in [9.17, 15) is 13.6 Å². The maximum absolute atomic E-state index is 14.4. The van der Waals surface area contributed by atoms with Crippen molar-refractivity contribution in [3.05, 3.63) is 71.2 Å². The van der Waals surface area contributed by atoms with Crippen LogP contribution in [0.5, 0.6) is 0 Å². The second kappa shape index (κ2) is 7.90. The summed E-state index contributed by atoms with van der Waals surface area (Å²) >= 11 is 0. The summed E-state index contributed by atoms with van der Waals surface area (Å²) in [4.78, 5) is 24.3. The molecule has 0 amide bonds. The number of hydrogen-bond acceptors (Lipinski definition) is 4. The summed E-state index contributed by atoms with van der Waals surface area (Å²) in [6, 6.07) is 5.70. The van der Waals surface area contributed by atoms with E-state index in [2.05, 4.69) is 9.97 Å². The van der Waals surface area contributed by atoms with Gasteiger partial charge in [-0.25, -0.2) is 13.8 Å². The van der Waals surface area contributed by atoms with Crippen LogP contribution in [0.4, 0.5) is 8.78 Å². The maximum Gasteiger partial charge on any atom is 0.197 e. The van der Waals surface area contributed by atoms with Gasteiger partial charge in [-0.1, -0.05) is 12.1 Å². The minimum Gasteiger partial charge on any atom is -0.383 e. The fraction of sp³-hybridized carbons (Fsp3) is 0.238. The number of carbonyl (C=O) groups excluding carboxylic acids is 1. The monoisotopic (exact) mass is 384 g/mol. The van der Waals surface area contributed by atoms with E-state index < -0.39 is 17.4 Å². The standard InChI is InChI=1S/C21H22F2N4O/c1-26(2)11-13-8-15-16(10-25-21(15)24-9-13)20(28)17(12-27(3)4)14-6-5-7-18(22)19(14)23/h5-10,12H,11H2,1-4H3,(H,24,25)/b17-12-. The molecule has 2 heterocycles. The Kier molecular flexibility index (Phi) is 5.56. The molecule has 0 aliphatic rings. The van der Waals surface area contributed by atoms with Crippen molar-refractivity contribution in [2.24, 2.45) is 0 Å². The van der Waals surface area contributed by atoms with E-state index in [4.69, 9.17) is 0 Å². The number of H-pyrrole nitrogens is 1. The van der Waals surface area contributed by atoms with Crippen molar-refractivity contribution in [1.29, 1.82) is 0 Å². The maximum atomic E-state index is 14.4. The molecule has 0 bridgehead atoms. The summed E-state index contributed by atoms with van der Waals surface area (Å²) in [6.45, 7) is 0.667. The van der Waals surface area contributed by atoms with Crippen LogP contribution in [0.3, 0.4) is 0 Å². The molecule has 0 radical (unpaired) electrons. The third-order valence-corrected chi connectivity index (χ3v) is 4.20. The molecule has 28 heavy (non-hydrogen) atoms. The number of carbonyl (C=O) groups is 1. The molecule has 0 atom stereocenters. The number of pyridine rings is 1. The number of ketones is 1. The molecule has 0 spiro atoms. The summed E-state index contributed by atoms with van der Waals surface area (Å²) in [5.74, 6) is -2.45. The number of benzene rings is 1. The molecule has 1 N–H and O–H groups in total. The lowest BCUT2D eigenvalue weighted by Crippen LogP contribution is -2.12. The first-order valence-electron chi connectivity index (χ1n) is 8.76. The van der Waals surface area contributed by atoms with Crippen LogP contribution in [0.25, 0.3) is 16.6 Å². The van der Waals surface area contributed by atoms with Gasteiger partial charge in [-0.2, -0.15) is 0 Å². The van der Waals surface area contributed by atoms with Crippen LogP contribution in [0.15, 0.2) is 42.9 Å². The van der Waals surface area contributed by atoms with Gasteiger partial charge in [0, 0.05) is 61.3 Å². The molecule has 2 aromatic heterocycles. The predicted octanol–water partition coefficient (Wildman–Crippen LogP) is 3.69. The van der Waals surface area contributed by atoms with E-state index in [0.29, 0.717) is 23.1 Å². The minimum absolute atomic E-state index is 0.0703. The summed E-state index contributed by atoms with van der Waals surface area (Å²) in [7, 11) is 7.32. The molecule has 0 aliphatic carbocycles. The minimum atomic E-state index is -1.05. The summed E-state index contributed by atoms with van der Waals surface area (Å²) in [5, 5.41) is 0.644. The number of fused-ring (bicyclic) bond motifs is 1. The molecule has 0 unspecified atom stereocenters. The average molecular weight is 384 g/mol. The van der Waals surface area contributed by atoms with Crippen molar-refractivity contribution in [3.63, 3.8) is 0 Å². The summed E-state index contributed by atoms with van der Waals surface area (Å²) in [6.07, 6.45) is 4.80. The SMILES string of the molecule is CN(C)/C=C(\C(=O)c1c[nH]c2ncc(CN(C)C)cc12)c1cccc(F)c1F. The van der Waals surface area contributed by atoms with Gasteiger partial charge in [0.2, 0.25) is 0 Å². The molecule has 1 aromatic carbocycles. The predicted molar refractivity (Wildman–Crippen MR) is 106 cm³/mol. The molecule has 0 saturated carbocycles. The normalized spacial score (nSPS) is 12.0. The van der Waals surface area contributed by atoms with Crippen molar-refractivity contribution < 1.29 is 13.6 Å². The Bertz CT molecular complexity index is 1050. The van der Waals surface area contributed by atoms with Gasteiger partial charge in [-0.3, -0.25) is 4.79 Å². The fourth-order valence-corrected chi connectivity index (χ4v) is 3.05. The first-order valence-corrected chi connectivity index (χ1v) is 8.76. The van der Waals surface area contributed by atoms with Gasteiger partial charge in [-0.15, -0.1) is 0 Å². The zero-order valence-corrected chi connectivity index (χ0v) is 16.3. The second-order valence-electron chi connectivity index (χ2n) is 7.12. The number of rotatable bonds is 6. The first kappa shape index (κ1) is 19.7. The van der Waals surface area contributed by atoms with Gasteiger partial charge < -0.3 is 14.8 Å². The van der Waals surface area contributed by atoms with Crippen molar-refractivity contribution in [2.45, 2.75) is 6.54 Å². The Balaban J connectivity index is 2.12. The van der Waals surface area contributed by atoms with Gasteiger partial charge in [0.15, 0.2) is 17.4 Å². The molecular weight excluding hydrogens is 362 g/mol. The Morgan fingerprint density at radius 3 is 2.61 bits per heavy atom. The molecular formula is C21H22F2N4O. The lowest BCUT2D eigenvalue weighted by Gasteiger charge is -2.13. The molecule has 3 rings (SSSR count). The van der Waals surface area contributed by atoms with Crippen LogP contribution >= 0.6 is 0 Å². The van der Waals surface area contributed by atoms with Crippen molar-refractivity contribution in [1.82, 2.24) is 19.8 Å². The van der Waals surface area contributed by atoms with Gasteiger partial charge in [0.25, 0.3) is 0 Å². The number of hydrogen-bond donors (Lipinski definition) is 1. The Hall–Kier alpha value is -3.06. The molecule has 5 nitrogen and oxygen atoms in total. The van der Waals surface area contributed by atoms with Crippen LogP contribution in [0.2, 0.25) is 0 Å². The van der Waals surface area contributed by atoms with Crippen molar-refractivity contribution >= 4 is 22.4 Å². The van der Waals surface area contributed by atoms with Gasteiger partial charge in [0.05, 0.1) is 0 Å². The number of halogens is 2. The third kappa shape index (κ3) is 3.94. The Morgan fingerprint density at radius 2 is 1.93 bits per heavy atom. The van der Waals surface area contributed by atoms with Gasteiger partial charge in [0.1, 0.15) is 5.65 Å². The first-order chi connectivity index (χ1) is 13.3. The summed E-state index contributed by atoms with van der Waals surface area (Å²) in [5.41, 5.74) is 1.86. The number of aromatic amines is 1. The Morgan fingerprint density at radius 1 is 1.18 bits per heavy atom. The number of aromatic nitrogens is 2. The second-order valence-corrected chi connectivity index (χ2v) is 7.12. The topological polar surface area (TPSA) is 52.2 Å². The highest BCUT2D eigenvalue weighted by atomic mass is 19.2. The number of allylic oxidation sites excluding steroid dienone is 1. The lowest BCUT2D eigenvalue weighted by atomic mass is 9.96. The number of Topliss-reactive ketones (excluding diaryl/α,β-unsaturated/α-hetero) is 1. The van der Waals surface area contributed by atoms with E-state index >= 15 is 0 Å². The van der Waals surface area contributed by atoms with Crippen LogP contribution in [-0.4, -0.2) is 53.7 Å². The van der Waals surface area contributed by atoms with E-state index in [1.54, 1.807) is 31.4 Å². The quantitative estimate of drug-likeness (QED) is 0.520. The van der Waals surface area contributed by atoms with E-state index in [-0.39, 0.29) is 11.1 Å².